The van der Waals surface area contributed by atoms with Crippen molar-refractivity contribution < 1.29 is 27.1 Å². The van der Waals surface area contributed by atoms with E-state index in [0.29, 0.717) is 0 Å². The minimum absolute atomic E-state index is 0.0164. The molecule has 3 aromatic carbocycles. The number of carbonyl (C=O) groups excluding carboxylic acids is 1. The Balaban J connectivity index is 1.51. The maximum atomic E-state index is 14.1. The molecule has 0 spiro atoms. The molecule has 2 N–H and O–H groups in total. The molecule has 1 amide bonds. The number of halogens is 4. The van der Waals surface area contributed by atoms with E-state index in [1.165, 1.54) is 42.6 Å². The minimum atomic E-state index is -4.68. The molecule has 4 aromatic rings. The molecular weight excluding hydrogens is 448 g/mol. The molecule has 8 heteroatoms. The van der Waals surface area contributed by atoms with E-state index in [2.05, 4.69) is 4.98 Å². The van der Waals surface area contributed by atoms with Gasteiger partial charge in [0, 0.05) is 17.3 Å². The Labute approximate surface area is 192 Å². The van der Waals surface area contributed by atoms with Crippen LogP contribution in [-0.2, 0) is 12.8 Å². The van der Waals surface area contributed by atoms with Gasteiger partial charge in [-0.25, -0.2) is 4.39 Å². The Hall–Kier alpha value is -4.20. The predicted octanol–water partition coefficient (Wildman–Crippen LogP) is 6.25. The van der Waals surface area contributed by atoms with Crippen molar-refractivity contribution in [2.24, 2.45) is 5.73 Å². The number of rotatable bonds is 6. The topological polar surface area (TPSA) is 65.2 Å². The number of hydrogen-bond acceptors (Lipinski definition) is 3. The van der Waals surface area contributed by atoms with Crippen LogP contribution in [0.5, 0.6) is 5.75 Å². The molecule has 0 bridgehead atoms. The number of pyridine rings is 1. The van der Waals surface area contributed by atoms with Gasteiger partial charge < -0.3 is 10.5 Å². The second kappa shape index (κ2) is 9.35. The number of benzene rings is 3. The van der Waals surface area contributed by atoms with E-state index in [0.717, 1.165) is 28.8 Å². The van der Waals surface area contributed by atoms with Gasteiger partial charge in [-0.15, -0.1) is 0 Å². The van der Waals surface area contributed by atoms with Gasteiger partial charge in [0.15, 0.2) is 0 Å². The molecule has 0 aliphatic carbocycles. The van der Waals surface area contributed by atoms with Crippen LogP contribution in [0.15, 0.2) is 85.1 Å². The number of aromatic nitrogens is 1. The van der Waals surface area contributed by atoms with E-state index < -0.39 is 23.5 Å². The Morgan fingerprint density at radius 1 is 0.882 bits per heavy atom. The van der Waals surface area contributed by atoms with E-state index in [1.54, 1.807) is 18.2 Å². The summed E-state index contributed by atoms with van der Waals surface area (Å²) < 4.78 is 60.7. The number of nitrogens with zero attached hydrogens (tertiary/aromatic N) is 1. The zero-order valence-corrected chi connectivity index (χ0v) is 17.6. The predicted molar refractivity (Wildman–Crippen MR) is 119 cm³/mol. The van der Waals surface area contributed by atoms with Gasteiger partial charge in [0.05, 0.1) is 5.56 Å². The molecule has 34 heavy (non-hydrogen) atoms. The van der Waals surface area contributed by atoms with Crippen LogP contribution in [0.2, 0.25) is 0 Å². The summed E-state index contributed by atoms with van der Waals surface area (Å²) in [5.74, 6) is -1.33. The lowest BCUT2D eigenvalue weighted by Crippen LogP contribution is -2.12. The fourth-order valence-electron chi connectivity index (χ4n) is 3.43. The highest BCUT2D eigenvalue weighted by atomic mass is 19.4. The zero-order valence-electron chi connectivity index (χ0n) is 17.6. The van der Waals surface area contributed by atoms with Gasteiger partial charge in [-0.3, -0.25) is 9.78 Å². The third kappa shape index (κ3) is 5.06. The highest BCUT2D eigenvalue weighted by Gasteiger charge is 2.34. The highest BCUT2D eigenvalue weighted by molar-refractivity contribution is 5.91. The third-order valence-electron chi connectivity index (χ3n) is 5.17. The van der Waals surface area contributed by atoms with Gasteiger partial charge in [-0.1, -0.05) is 48.5 Å². The summed E-state index contributed by atoms with van der Waals surface area (Å²) in [7, 11) is 0. The van der Waals surface area contributed by atoms with E-state index >= 15 is 0 Å². The first kappa shape index (κ1) is 23.0. The average molecular weight is 466 g/mol. The largest absolute Gasteiger partial charge is 0.489 e. The average Bonchev–Trinajstić information content (AvgIpc) is 2.83. The van der Waals surface area contributed by atoms with Gasteiger partial charge >= 0.3 is 6.18 Å². The van der Waals surface area contributed by atoms with Gasteiger partial charge in [-0.05, 0) is 47.0 Å². The molecule has 0 atom stereocenters. The molecule has 0 fully saturated rings. The first-order valence-electron chi connectivity index (χ1n) is 10.2. The van der Waals surface area contributed by atoms with Gasteiger partial charge in [0.25, 0.3) is 5.91 Å². The fourth-order valence-corrected chi connectivity index (χ4v) is 3.43. The molecule has 0 saturated carbocycles. The SMILES string of the molecule is NC(=O)c1ccc(-c2ccc(COc3ccc(-c4ccccc4F)c(C(F)(F)F)c3)cc2)cn1. The number of primary amides is 1. The number of carbonyl (C=O) groups is 1. The van der Waals surface area contributed by atoms with Crippen LogP contribution in [0.4, 0.5) is 17.6 Å². The molecule has 0 radical (unpaired) electrons. The monoisotopic (exact) mass is 466 g/mol. The van der Waals surface area contributed by atoms with Crippen molar-refractivity contribution in [3.05, 3.63) is 108 Å². The Morgan fingerprint density at radius 3 is 2.21 bits per heavy atom. The molecule has 1 heterocycles. The van der Waals surface area contributed by atoms with Crippen LogP contribution in [0.1, 0.15) is 21.6 Å². The quantitative estimate of drug-likeness (QED) is 0.342. The van der Waals surface area contributed by atoms with E-state index in [9.17, 15) is 22.4 Å². The third-order valence-corrected chi connectivity index (χ3v) is 5.17. The molecule has 1 aromatic heterocycles. The molecular formula is C26H18F4N2O2. The standard InChI is InChI=1S/C26H18F4N2O2/c27-23-4-2-1-3-21(23)20-11-10-19(13-22(20)26(28,29)30)34-15-16-5-7-17(8-6-16)18-9-12-24(25(31)33)32-14-18/h1-14H,15H2,(H2,31,33). The number of amides is 1. The van der Waals surface area contributed by atoms with E-state index in [-0.39, 0.29) is 29.2 Å². The van der Waals surface area contributed by atoms with Gasteiger partial charge in [0.1, 0.15) is 23.9 Å². The summed E-state index contributed by atoms with van der Waals surface area (Å²) in [6.07, 6.45) is -3.15. The molecule has 0 aliphatic rings. The van der Waals surface area contributed by atoms with E-state index in [1.807, 2.05) is 12.1 Å². The minimum Gasteiger partial charge on any atom is -0.489 e. The lowest BCUT2D eigenvalue weighted by molar-refractivity contribution is -0.137. The van der Waals surface area contributed by atoms with Crippen molar-refractivity contribution in [1.82, 2.24) is 4.98 Å². The number of alkyl halides is 3. The van der Waals surface area contributed by atoms with Crippen LogP contribution in [0.25, 0.3) is 22.3 Å². The summed E-state index contributed by atoms with van der Waals surface area (Å²) in [6.45, 7) is 0.0372. The molecule has 0 saturated heterocycles. The van der Waals surface area contributed by atoms with Crippen LogP contribution in [0.3, 0.4) is 0 Å². The van der Waals surface area contributed by atoms with Crippen molar-refractivity contribution in [2.45, 2.75) is 12.8 Å². The normalized spacial score (nSPS) is 11.3. The second-order valence-corrected chi connectivity index (χ2v) is 7.47. The smallest absolute Gasteiger partial charge is 0.417 e. The number of hydrogen-bond donors (Lipinski definition) is 1. The first-order valence-corrected chi connectivity index (χ1v) is 10.2. The maximum absolute atomic E-state index is 14.1. The van der Waals surface area contributed by atoms with Crippen molar-refractivity contribution >= 4 is 5.91 Å². The Morgan fingerprint density at radius 2 is 1.59 bits per heavy atom. The van der Waals surface area contributed by atoms with Crippen molar-refractivity contribution in [3.8, 4) is 28.0 Å². The Bertz CT molecular complexity index is 1320. The van der Waals surface area contributed by atoms with Gasteiger partial charge in [-0.2, -0.15) is 13.2 Å². The van der Waals surface area contributed by atoms with Crippen molar-refractivity contribution in [3.63, 3.8) is 0 Å². The summed E-state index contributed by atoms with van der Waals surface area (Å²) in [4.78, 5) is 15.1. The molecule has 0 unspecified atom stereocenters. The van der Waals surface area contributed by atoms with Crippen LogP contribution >= 0.6 is 0 Å². The highest BCUT2D eigenvalue weighted by Crippen LogP contribution is 2.40. The number of ether oxygens (including phenoxy) is 1. The van der Waals surface area contributed by atoms with Crippen molar-refractivity contribution in [1.29, 1.82) is 0 Å². The second-order valence-electron chi connectivity index (χ2n) is 7.47. The lowest BCUT2D eigenvalue weighted by atomic mass is 9.98. The summed E-state index contributed by atoms with van der Waals surface area (Å²) in [6, 6.07) is 19.2. The summed E-state index contributed by atoms with van der Waals surface area (Å²) in [5, 5.41) is 0. The first-order chi connectivity index (χ1) is 16.2. The molecule has 0 aliphatic heterocycles. The van der Waals surface area contributed by atoms with Gasteiger partial charge in [0.2, 0.25) is 0 Å². The fraction of sp³-hybridized carbons (Fsp3) is 0.0769. The van der Waals surface area contributed by atoms with Crippen LogP contribution < -0.4 is 10.5 Å². The van der Waals surface area contributed by atoms with E-state index in [4.69, 9.17) is 10.5 Å². The maximum Gasteiger partial charge on any atom is 0.417 e. The lowest BCUT2D eigenvalue weighted by Gasteiger charge is -2.16. The molecule has 4 nitrogen and oxygen atoms in total. The summed E-state index contributed by atoms with van der Waals surface area (Å²) >= 11 is 0. The van der Waals surface area contributed by atoms with Crippen molar-refractivity contribution in [2.75, 3.05) is 0 Å². The summed E-state index contributed by atoms with van der Waals surface area (Å²) in [5.41, 5.74) is 6.33. The molecule has 4 rings (SSSR count). The van der Waals surface area contributed by atoms with Crippen LogP contribution in [0, 0.1) is 5.82 Å². The molecule has 172 valence electrons. The zero-order chi connectivity index (χ0) is 24.3. The number of nitrogens with two attached hydrogens (primary N) is 1. The van der Waals surface area contributed by atoms with Crippen LogP contribution in [-0.4, -0.2) is 10.9 Å². The Kier molecular flexibility index (Phi) is 6.32.